The molecule has 0 bridgehead atoms. The molecule has 1 amide bonds. The van der Waals surface area contributed by atoms with Crippen LogP contribution in [0.2, 0.25) is 0 Å². The van der Waals surface area contributed by atoms with Crippen LogP contribution in [0.5, 0.6) is 0 Å². The number of aryl methyl sites for hydroxylation is 2. The molecule has 144 valence electrons. The first-order chi connectivity index (χ1) is 13.0. The first-order valence-corrected chi connectivity index (χ1v) is 9.52. The summed E-state index contributed by atoms with van der Waals surface area (Å²) in [5.74, 6) is 0.509. The molecule has 1 aromatic carbocycles. The Morgan fingerprint density at radius 1 is 1.29 bits per heavy atom. The van der Waals surface area contributed by atoms with Gasteiger partial charge in [-0.1, -0.05) is 18.2 Å². The van der Waals surface area contributed by atoms with Gasteiger partial charge in [-0.15, -0.1) is 0 Å². The number of benzene rings is 1. The molecule has 0 spiro atoms. The molecule has 4 aromatic rings. The van der Waals surface area contributed by atoms with Gasteiger partial charge in [0.25, 0.3) is 5.91 Å². The minimum atomic E-state index is -0.386. The van der Waals surface area contributed by atoms with Crippen molar-refractivity contribution in [2.75, 3.05) is 5.32 Å². The van der Waals surface area contributed by atoms with Crippen LogP contribution >= 0.6 is 11.3 Å². The maximum atomic E-state index is 11.2. The molecule has 0 saturated carbocycles. The third-order valence-corrected chi connectivity index (χ3v) is 5.17. The first-order valence-electron chi connectivity index (χ1n) is 8.58. The van der Waals surface area contributed by atoms with Crippen LogP contribution in [0, 0.1) is 13.8 Å². The molecule has 0 fully saturated rings. The number of primary amides is 1. The molecule has 28 heavy (non-hydrogen) atoms. The van der Waals surface area contributed by atoms with Gasteiger partial charge >= 0.3 is 0 Å². The minimum absolute atomic E-state index is 0. The highest BCUT2D eigenvalue weighted by Crippen LogP contribution is 2.33. The van der Waals surface area contributed by atoms with Gasteiger partial charge < -0.3 is 35.0 Å². The number of fused-ring (bicyclic) bond motifs is 1. The Morgan fingerprint density at radius 3 is 2.68 bits per heavy atom. The number of hydrogen-bond acceptors (Lipinski definition) is 4. The van der Waals surface area contributed by atoms with Crippen molar-refractivity contribution in [1.29, 1.82) is 0 Å². The Balaban J connectivity index is 0.00000225. The third-order valence-electron chi connectivity index (χ3n) is 4.48. The largest absolute Gasteiger partial charge is 1.00 e. The van der Waals surface area contributed by atoms with Crippen molar-refractivity contribution in [1.82, 2.24) is 9.38 Å². The number of para-hydroxylation sites is 1. The van der Waals surface area contributed by atoms with Crippen molar-refractivity contribution in [3.63, 3.8) is 0 Å². The first kappa shape index (κ1) is 20.3. The molecule has 0 saturated heterocycles. The molecule has 0 radical (unpaired) electrons. The van der Waals surface area contributed by atoms with E-state index in [2.05, 4.69) is 48.8 Å². The van der Waals surface area contributed by atoms with Gasteiger partial charge in [0.1, 0.15) is 11.5 Å². The molecular weight excluding hydrogens is 485 g/mol. The number of amides is 1. The number of anilines is 2. The molecule has 8 heteroatoms. The van der Waals surface area contributed by atoms with E-state index in [4.69, 9.17) is 10.7 Å². The zero-order valence-electron chi connectivity index (χ0n) is 15.5. The van der Waals surface area contributed by atoms with Gasteiger partial charge in [-0.2, -0.15) is 15.9 Å². The fourth-order valence-electron chi connectivity index (χ4n) is 3.16. The minimum Gasteiger partial charge on any atom is -1.00 e. The van der Waals surface area contributed by atoms with Gasteiger partial charge in [0, 0.05) is 16.6 Å². The Morgan fingerprint density at radius 2 is 2.04 bits per heavy atom. The Kier molecular flexibility index (Phi) is 5.99. The van der Waals surface area contributed by atoms with Crippen molar-refractivity contribution < 1.29 is 33.3 Å². The normalized spacial score (nSPS) is 10.6. The van der Waals surface area contributed by atoms with Crippen molar-refractivity contribution in [3.8, 4) is 11.3 Å². The van der Waals surface area contributed by atoms with E-state index < -0.39 is 0 Å². The zero-order valence-corrected chi connectivity index (χ0v) is 18.5. The van der Waals surface area contributed by atoms with E-state index in [1.807, 2.05) is 28.4 Å². The van der Waals surface area contributed by atoms with Crippen LogP contribution in [0.1, 0.15) is 11.1 Å². The van der Waals surface area contributed by atoms with E-state index in [9.17, 15) is 4.79 Å². The van der Waals surface area contributed by atoms with Crippen molar-refractivity contribution in [2.24, 2.45) is 5.73 Å². The van der Waals surface area contributed by atoms with Crippen LogP contribution in [0.3, 0.4) is 0 Å². The highest BCUT2D eigenvalue weighted by atomic mass is 127. The number of rotatable bonds is 5. The average Bonchev–Trinajstić information content (AvgIpc) is 3.25. The Labute approximate surface area is 184 Å². The van der Waals surface area contributed by atoms with Crippen LogP contribution in [0.25, 0.3) is 16.9 Å². The van der Waals surface area contributed by atoms with Crippen LogP contribution in [0.4, 0.5) is 11.5 Å². The quantitative estimate of drug-likeness (QED) is 0.301. The molecular formula is C20H20IN5OS. The second kappa shape index (κ2) is 8.27. The molecule has 0 aliphatic rings. The van der Waals surface area contributed by atoms with Crippen LogP contribution in [-0.2, 0) is 11.3 Å². The van der Waals surface area contributed by atoms with Gasteiger partial charge in [0.15, 0.2) is 6.20 Å². The standard InChI is InChI=1S/C20H19N5OS.HI/c1-13-4-3-5-14(2)18(13)23-20-19(15-6-9-27-12-15)22-17-11-24(10-16(21)26)7-8-25(17)20;/h3-9,11-12H,10H2,1-2H3,(H2,21,26);1H. The van der Waals surface area contributed by atoms with E-state index in [1.54, 1.807) is 15.9 Å². The predicted octanol–water partition coefficient (Wildman–Crippen LogP) is 0.200. The summed E-state index contributed by atoms with van der Waals surface area (Å²) >= 11 is 1.63. The number of imidazole rings is 1. The number of nitrogens with two attached hydrogens (primary N) is 1. The molecule has 4 rings (SSSR count). The van der Waals surface area contributed by atoms with Gasteiger partial charge in [0.05, 0.1) is 6.20 Å². The second-order valence-electron chi connectivity index (χ2n) is 6.51. The topological polar surface area (TPSA) is 76.3 Å². The smallest absolute Gasteiger partial charge is 0.283 e. The van der Waals surface area contributed by atoms with Crippen molar-refractivity contribution >= 4 is 34.4 Å². The molecule has 6 nitrogen and oxygen atoms in total. The number of nitrogens with one attached hydrogen (secondary N) is 1. The van der Waals surface area contributed by atoms with E-state index in [0.717, 1.165) is 28.4 Å². The summed E-state index contributed by atoms with van der Waals surface area (Å²) in [6.07, 6.45) is 5.56. The fourth-order valence-corrected chi connectivity index (χ4v) is 3.80. The summed E-state index contributed by atoms with van der Waals surface area (Å²) in [6, 6.07) is 8.28. The number of carbonyl (C=O) groups is 1. The second-order valence-corrected chi connectivity index (χ2v) is 7.29. The molecule has 0 atom stereocenters. The lowest BCUT2D eigenvalue weighted by atomic mass is 10.1. The number of aromatic nitrogens is 3. The summed E-state index contributed by atoms with van der Waals surface area (Å²) in [7, 11) is 0. The van der Waals surface area contributed by atoms with E-state index >= 15 is 0 Å². The highest BCUT2D eigenvalue weighted by Gasteiger charge is 2.19. The van der Waals surface area contributed by atoms with Crippen LogP contribution in [-0.4, -0.2) is 15.3 Å². The summed E-state index contributed by atoms with van der Waals surface area (Å²) in [6.45, 7) is 4.30. The monoisotopic (exact) mass is 505 g/mol. The SMILES string of the molecule is Cc1cccc(C)c1Nc1c(-c2ccsc2)nc2c[n+](CC(N)=O)ccn12.[I-]. The molecule has 0 unspecified atom stereocenters. The summed E-state index contributed by atoms with van der Waals surface area (Å²) in [5.41, 5.74) is 11.4. The summed E-state index contributed by atoms with van der Waals surface area (Å²) in [4.78, 5) is 16.1. The lowest BCUT2D eigenvalue weighted by Gasteiger charge is -2.13. The molecule has 3 aromatic heterocycles. The van der Waals surface area contributed by atoms with E-state index in [-0.39, 0.29) is 36.4 Å². The van der Waals surface area contributed by atoms with E-state index in [1.165, 1.54) is 11.1 Å². The maximum absolute atomic E-state index is 11.2. The number of nitrogens with zero attached hydrogens (tertiary/aromatic N) is 3. The fraction of sp³-hybridized carbons (Fsp3) is 0.150. The van der Waals surface area contributed by atoms with Crippen LogP contribution < -0.4 is 39.6 Å². The maximum Gasteiger partial charge on any atom is 0.283 e. The Bertz CT molecular complexity index is 1120. The lowest BCUT2D eigenvalue weighted by Crippen LogP contribution is -3.00. The average molecular weight is 505 g/mol. The third kappa shape index (κ3) is 3.88. The van der Waals surface area contributed by atoms with Crippen LogP contribution in [0.15, 0.2) is 53.6 Å². The Hall–Kier alpha value is -2.46. The summed E-state index contributed by atoms with van der Waals surface area (Å²) in [5, 5.41) is 7.70. The lowest BCUT2D eigenvalue weighted by molar-refractivity contribution is -0.683. The van der Waals surface area contributed by atoms with Gasteiger partial charge in [-0.05, 0) is 36.4 Å². The molecule has 0 aliphatic carbocycles. The van der Waals surface area contributed by atoms with Gasteiger partial charge in [0.2, 0.25) is 18.4 Å². The molecule has 3 N–H and O–H groups in total. The number of halogens is 1. The number of thiophene rings is 1. The molecule has 3 heterocycles. The van der Waals surface area contributed by atoms with Crippen molar-refractivity contribution in [3.05, 3.63) is 64.7 Å². The predicted molar refractivity (Wildman–Crippen MR) is 107 cm³/mol. The highest BCUT2D eigenvalue weighted by molar-refractivity contribution is 7.08. The number of hydrogen-bond donors (Lipinski definition) is 2. The zero-order chi connectivity index (χ0) is 19.0. The van der Waals surface area contributed by atoms with Gasteiger partial charge in [-0.3, -0.25) is 9.20 Å². The molecule has 0 aliphatic heterocycles. The van der Waals surface area contributed by atoms with Gasteiger partial charge in [-0.25, -0.2) is 4.98 Å². The number of carbonyl (C=O) groups excluding carboxylic acids is 1. The van der Waals surface area contributed by atoms with Crippen molar-refractivity contribution in [2.45, 2.75) is 20.4 Å². The summed E-state index contributed by atoms with van der Waals surface area (Å²) < 4.78 is 3.74. The van der Waals surface area contributed by atoms with E-state index in [0.29, 0.717) is 0 Å².